The molecule has 44 heavy (non-hydrogen) atoms. The molecule has 2 amide bonds. The fourth-order valence-electron chi connectivity index (χ4n) is 6.52. The van der Waals surface area contributed by atoms with Crippen LogP contribution in [-0.4, -0.2) is 53.5 Å². The van der Waals surface area contributed by atoms with E-state index in [1.54, 1.807) is 6.07 Å². The van der Waals surface area contributed by atoms with E-state index in [1.165, 1.54) is 30.0 Å². The van der Waals surface area contributed by atoms with Gasteiger partial charge in [0.15, 0.2) is 5.78 Å². The Morgan fingerprint density at radius 3 is 2.52 bits per heavy atom. The minimum atomic E-state index is -0.973. The molecule has 0 aromatic heterocycles. The highest BCUT2D eigenvalue weighted by atomic mass is 19.1. The number of halogens is 1. The Morgan fingerprint density at radius 2 is 1.84 bits per heavy atom. The first-order chi connectivity index (χ1) is 21.2. The molecule has 8 nitrogen and oxygen atoms in total. The summed E-state index contributed by atoms with van der Waals surface area (Å²) in [5.41, 5.74) is 2.49. The van der Waals surface area contributed by atoms with Crippen LogP contribution in [0.2, 0.25) is 0 Å². The number of nitrogens with one attached hydrogen (secondary N) is 2. The van der Waals surface area contributed by atoms with Crippen LogP contribution < -0.4 is 20.3 Å². The number of rotatable bonds is 10. The van der Waals surface area contributed by atoms with Gasteiger partial charge in [0.1, 0.15) is 17.2 Å². The number of benzene rings is 3. The van der Waals surface area contributed by atoms with Crippen molar-refractivity contribution in [3.8, 4) is 5.75 Å². The predicted octanol–water partition coefficient (Wildman–Crippen LogP) is 4.89. The number of anilines is 1. The Hall–Kier alpha value is -4.08. The minimum Gasteiger partial charge on any atom is -0.487 e. The number of aliphatic hydroxyl groups excluding tert-OH is 1. The van der Waals surface area contributed by atoms with E-state index in [0.29, 0.717) is 31.4 Å². The van der Waals surface area contributed by atoms with Crippen molar-refractivity contribution in [2.24, 2.45) is 0 Å². The zero-order valence-corrected chi connectivity index (χ0v) is 24.9. The maximum Gasteiger partial charge on any atom is 0.251 e. The third kappa shape index (κ3) is 6.25. The van der Waals surface area contributed by atoms with Crippen molar-refractivity contribution in [2.75, 3.05) is 18.0 Å². The van der Waals surface area contributed by atoms with Crippen molar-refractivity contribution in [2.45, 2.75) is 75.7 Å². The molecule has 1 spiro atoms. The summed E-state index contributed by atoms with van der Waals surface area (Å²) in [5, 5.41) is 18.0. The number of nitrogens with zero attached hydrogens (tertiary/aromatic N) is 1. The average molecular weight is 600 g/mol. The Balaban J connectivity index is 1.21. The zero-order chi connectivity index (χ0) is 30.8. The highest BCUT2D eigenvalue weighted by molar-refractivity contribution is 5.99. The summed E-state index contributed by atoms with van der Waals surface area (Å²) >= 11 is 0. The molecule has 0 bridgehead atoms. The van der Waals surface area contributed by atoms with Crippen LogP contribution in [0.25, 0.3) is 0 Å². The standard InChI is InChI=1S/C35H38FN3O5/c1-22(40)24-11-13-32-26(18-24)29(20-35(44-32)14-6-15-35)37-21-31(41)28(17-23-7-3-2-4-8-23)38-34(43)25-10-12-27(36)30(19-25)39-16-5-9-33(39)42/h2-4,7-8,10-13,18-19,28-29,31,37,41H,5-6,9,14-17,20-21H2,1H3,(H,38,43)/t28-,29-,31-/m0/s1. The molecule has 3 aliphatic rings. The fourth-order valence-corrected chi connectivity index (χ4v) is 6.52. The molecule has 0 unspecified atom stereocenters. The molecule has 1 saturated heterocycles. The molecule has 2 fully saturated rings. The Labute approximate surface area is 256 Å². The molecular formula is C35H38FN3O5. The molecule has 1 saturated carbocycles. The summed E-state index contributed by atoms with van der Waals surface area (Å²) < 4.78 is 21.1. The van der Waals surface area contributed by atoms with E-state index in [-0.39, 0.29) is 41.1 Å². The molecule has 3 aromatic carbocycles. The first-order valence-corrected chi connectivity index (χ1v) is 15.4. The van der Waals surface area contributed by atoms with Crippen molar-refractivity contribution in [1.29, 1.82) is 0 Å². The van der Waals surface area contributed by atoms with E-state index in [9.17, 15) is 23.9 Å². The molecule has 230 valence electrons. The third-order valence-corrected chi connectivity index (χ3v) is 9.18. The SMILES string of the molecule is CC(=O)c1ccc2c(c1)[C@@H](NC[C@H](O)[C@H](Cc1ccccc1)NC(=O)c1ccc(F)c(N3CCCC3=O)c1)CC1(CCC1)O2. The number of carbonyl (C=O) groups is 3. The summed E-state index contributed by atoms with van der Waals surface area (Å²) in [6.45, 7) is 2.13. The number of ether oxygens (including phenoxy) is 1. The summed E-state index contributed by atoms with van der Waals surface area (Å²) in [4.78, 5) is 39.3. The van der Waals surface area contributed by atoms with Gasteiger partial charge in [-0.05, 0) is 81.0 Å². The van der Waals surface area contributed by atoms with E-state index in [4.69, 9.17) is 4.74 Å². The molecule has 2 heterocycles. The van der Waals surface area contributed by atoms with Crippen molar-refractivity contribution in [3.63, 3.8) is 0 Å². The van der Waals surface area contributed by atoms with Crippen LogP contribution in [0.3, 0.4) is 0 Å². The van der Waals surface area contributed by atoms with Gasteiger partial charge < -0.3 is 25.4 Å². The van der Waals surface area contributed by atoms with Crippen molar-refractivity contribution in [3.05, 3.63) is 94.8 Å². The van der Waals surface area contributed by atoms with Gasteiger partial charge >= 0.3 is 0 Å². The number of hydrogen-bond acceptors (Lipinski definition) is 6. The number of carbonyl (C=O) groups excluding carboxylic acids is 3. The van der Waals surface area contributed by atoms with Crippen molar-refractivity contribution < 1.29 is 28.6 Å². The smallest absolute Gasteiger partial charge is 0.251 e. The van der Waals surface area contributed by atoms with Gasteiger partial charge in [-0.15, -0.1) is 0 Å². The van der Waals surface area contributed by atoms with Gasteiger partial charge in [0.05, 0.1) is 17.8 Å². The molecule has 3 N–H and O–H groups in total. The van der Waals surface area contributed by atoms with E-state index < -0.39 is 23.9 Å². The normalized spacial score (nSPS) is 19.9. The lowest BCUT2D eigenvalue weighted by Crippen LogP contribution is -2.52. The molecule has 2 aliphatic heterocycles. The van der Waals surface area contributed by atoms with Gasteiger partial charge in [0.25, 0.3) is 5.91 Å². The van der Waals surface area contributed by atoms with Crippen molar-refractivity contribution in [1.82, 2.24) is 10.6 Å². The Morgan fingerprint density at radius 1 is 1.07 bits per heavy atom. The number of ketones is 1. The topological polar surface area (TPSA) is 108 Å². The van der Waals surface area contributed by atoms with Crippen molar-refractivity contribution >= 4 is 23.3 Å². The monoisotopic (exact) mass is 599 g/mol. The molecule has 1 aliphatic carbocycles. The molecule has 0 radical (unpaired) electrons. The zero-order valence-electron chi connectivity index (χ0n) is 24.9. The van der Waals surface area contributed by atoms with Crippen LogP contribution in [0.15, 0.2) is 66.7 Å². The average Bonchev–Trinajstić information content (AvgIpc) is 3.44. The lowest BCUT2D eigenvalue weighted by Gasteiger charge is -2.48. The third-order valence-electron chi connectivity index (χ3n) is 9.18. The quantitative estimate of drug-likeness (QED) is 0.287. The molecule has 3 aromatic rings. The number of amides is 2. The number of fused-ring (bicyclic) bond motifs is 1. The van der Waals surface area contributed by atoms with Gasteiger partial charge in [0, 0.05) is 48.7 Å². The van der Waals surface area contributed by atoms with Gasteiger partial charge in [-0.2, -0.15) is 0 Å². The van der Waals surface area contributed by atoms with Crippen LogP contribution in [0.1, 0.15) is 83.3 Å². The maximum absolute atomic E-state index is 14.7. The molecule has 9 heteroatoms. The van der Waals surface area contributed by atoms with E-state index in [1.807, 2.05) is 42.5 Å². The summed E-state index contributed by atoms with van der Waals surface area (Å²) in [7, 11) is 0. The fraction of sp³-hybridized carbons (Fsp3) is 0.400. The lowest BCUT2D eigenvalue weighted by atomic mass is 9.72. The van der Waals surface area contributed by atoms with E-state index in [0.717, 1.165) is 42.6 Å². The summed E-state index contributed by atoms with van der Waals surface area (Å²) in [6, 6.07) is 18.3. The summed E-state index contributed by atoms with van der Waals surface area (Å²) in [6.07, 6.45) is 4.12. The Kier molecular flexibility index (Phi) is 8.51. The highest BCUT2D eigenvalue weighted by Gasteiger charge is 2.45. The van der Waals surface area contributed by atoms with Crippen LogP contribution in [0.5, 0.6) is 5.75 Å². The number of aliphatic hydroxyl groups is 1. The van der Waals surface area contributed by atoms with E-state index >= 15 is 0 Å². The van der Waals surface area contributed by atoms with Crippen LogP contribution >= 0.6 is 0 Å². The van der Waals surface area contributed by atoms with Gasteiger partial charge in [-0.1, -0.05) is 30.3 Å². The maximum atomic E-state index is 14.7. The lowest BCUT2D eigenvalue weighted by molar-refractivity contribution is -0.117. The second kappa shape index (κ2) is 12.5. The van der Waals surface area contributed by atoms with Crippen LogP contribution in [0.4, 0.5) is 10.1 Å². The van der Waals surface area contributed by atoms with Gasteiger partial charge in [-0.25, -0.2) is 4.39 Å². The number of Topliss-reactive ketones (excluding diaryl/α,β-unsaturated/α-hetero) is 1. The first kappa shape index (κ1) is 30.0. The molecule has 6 rings (SSSR count). The van der Waals surface area contributed by atoms with Crippen LogP contribution in [0, 0.1) is 5.82 Å². The molecular weight excluding hydrogens is 561 g/mol. The molecule has 3 atom stereocenters. The second-order valence-electron chi connectivity index (χ2n) is 12.3. The summed E-state index contributed by atoms with van der Waals surface area (Å²) in [5.74, 6) is -0.465. The van der Waals surface area contributed by atoms with Gasteiger partial charge in [0.2, 0.25) is 5.91 Å². The first-order valence-electron chi connectivity index (χ1n) is 15.4. The van der Waals surface area contributed by atoms with Gasteiger partial charge in [-0.3, -0.25) is 14.4 Å². The highest BCUT2D eigenvalue weighted by Crippen LogP contribution is 2.49. The van der Waals surface area contributed by atoms with E-state index in [2.05, 4.69) is 10.6 Å². The largest absolute Gasteiger partial charge is 0.487 e. The Bertz CT molecular complexity index is 1560. The second-order valence-corrected chi connectivity index (χ2v) is 12.3. The predicted molar refractivity (Wildman–Crippen MR) is 164 cm³/mol. The number of hydrogen-bond donors (Lipinski definition) is 3. The van der Waals surface area contributed by atoms with Crippen LogP contribution in [-0.2, 0) is 11.2 Å². The minimum absolute atomic E-state index is 0.0285.